The lowest BCUT2D eigenvalue weighted by Gasteiger charge is -2.31. The van der Waals surface area contributed by atoms with E-state index in [9.17, 15) is 97.1 Å². The molecule has 2 aliphatic heterocycles. The van der Waals surface area contributed by atoms with Crippen molar-refractivity contribution in [1.82, 2.24) is 63.1 Å². The summed E-state index contributed by atoms with van der Waals surface area (Å²) < 4.78 is 0. The van der Waals surface area contributed by atoms with Gasteiger partial charge in [-0.05, 0) is 72.5 Å². The van der Waals surface area contributed by atoms with Gasteiger partial charge in [0.25, 0.3) is 0 Å². The lowest BCUT2D eigenvalue weighted by atomic mass is 10.0. The number of carboxylic acid groups (broad SMARTS) is 3. The van der Waals surface area contributed by atoms with Gasteiger partial charge in [-0.1, -0.05) is 91.0 Å². The second kappa shape index (κ2) is 37.6. The number of aliphatic carboxylic acids is 2. The second-order valence-electron chi connectivity index (χ2n) is 24.5. The number of primary amides is 2. The minimum atomic E-state index is -2.19. The van der Waals surface area contributed by atoms with Crippen molar-refractivity contribution in [1.29, 1.82) is 0 Å². The Kier molecular flexibility index (Phi) is 28.7. The molecule has 0 aliphatic carbocycles. The summed E-state index contributed by atoms with van der Waals surface area (Å²) >= 11 is 0.822. The van der Waals surface area contributed by atoms with E-state index in [2.05, 4.69) is 58.2 Å². The van der Waals surface area contributed by atoms with Gasteiger partial charge in [0, 0.05) is 55.6 Å². The van der Waals surface area contributed by atoms with Crippen LogP contribution in [0, 0.1) is 0 Å². The van der Waals surface area contributed by atoms with Crippen molar-refractivity contribution < 1.29 is 97.1 Å². The number of para-hydroxylation sites is 1. The quantitative estimate of drug-likeness (QED) is 0.0404. The summed E-state index contributed by atoms with van der Waals surface area (Å²) in [5, 5.41) is 65.1. The number of rotatable bonds is 18. The zero-order valence-electron chi connectivity index (χ0n) is 55.6. The van der Waals surface area contributed by atoms with Crippen molar-refractivity contribution in [3.8, 4) is 0 Å². The number of carbonyl (C=O) groups is 16. The number of carboxylic acids is 3. The lowest BCUT2D eigenvalue weighted by molar-refractivity contribution is -0.143. The molecule has 7 rings (SSSR count). The Morgan fingerprint density at radius 3 is 1.62 bits per heavy atom. The smallest absolute Gasteiger partial charge is 0.335 e. The normalized spacial score (nSPS) is 23.4. The Morgan fingerprint density at radius 2 is 1.05 bits per heavy atom. The van der Waals surface area contributed by atoms with Crippen molar-refractivity contribution in [2.24, 2.45) is 11.5 Å². The third kappa shape index (κ3) is 24.0. The molecular formula is C68H80N14O20S. The highest BCUT2D eigenvalue weighted by Gasteiger charge is 2.42. The molecule has 2 fully saturated rings. The van der Waals surface area contributed by atoms with E-state index in [0.717, 1.165) is 41.1 Å². The third-order valence-electron chi connectivity index (χ3n) is 16.6. The molecule has 2 saturated heterocycles. The number of aromatic nitrogens is 1. The van der Waals surface area contributed by atoms with Gasteiger partial charge in [0.2, 0.25) is 76.8 Å². The zero-order valence-corrected chi connectivity index (χ0v) is 56.4. The fourth-order valence-corrected chi connectivity index (χ4v) is 12.2. The van der Waals surface area contributed by atoms with E-state index in [0.29, 0.717) is 22.3 Å². The molecule has 1 aromatic heterocycles. The van der Waals surface area contributed by atoms with E-state index >= 15 is 0 Å². The van der Waals surface area contributed by atoms with Gasteiger partial charge in [-0.2, -0.15) is 0 Å². The van der Waals surface area contributed by atoms with Crippen LogP contribution >= 0.6 is 11.8 Å². The molecule has 13 amide bonds. The maximum Gasteiger partial charge on any atom is 0.335 e. The summed E-state index contributed by atoms with van der Waals surface area (Å²) in [6.45, 7) is -0.0342. The molecule has 3 heterocycles. The predicted octanol–water partition coefficient (Wildman–Crippen LogP) is -3.57. The number of aliphatic hydroxyl groups excluding tert-OH is 1. The molecule has 103 heavy (non-hydrogen) atoms. The first-order chi connectivity index (χ1) is 49.0. The predicted molar refractivity (Wildman–Crippen MR) is 366 cm³/mol. The van der Waals surface area contributed by atoms with Crippen LogP contribution in [0.15, 0.2) is 115 Å². The molecule has 2 aliphatic rings. The number of nitrogens with zero attached hydrogens (tertiary/aromatic N) is 1. The minimum Gasteiger partial charge on any atom is -0.481 e. The van der Waals surface area contributed by atoms with Crippen LogP contribution in [0.1, 0.15) is 78.2 Å². The monoisotopic (exact) mass is 1440 g/mol. The topological polar surface area (TPSA) is 545 Å². The Balaban J connectivity index is 1.25. The number of aromatic carboxylic acids is 1. The maximum absolute atomic E-state index is 14.8. The number of hydrogen-bond acceptors (Lipinski definition) is 18. The Morgan fingerprint density at radius 1 is 0.534 bits per heavy atom. The second-order valence-corrected chi connectivity index (χ2v) is 25.6. The van der Waals surface area contributed by atoms with Crippen LogP contribution < -0.4 is 64.6 Å². The van der Waals surface area contributed by atoms with Crippen LogP contribution in [0.25, 0.3) is 10.9 Å². The summed E-state index contributed by atoms with van der Waals surface area (Å²) in [7, 11) is 0. The van der Waals surface area contributed by atoms with Gasteiger partial charge in [-0.3, -0.25) is 71.9 Å². The molecule has 19 N–H and O–H groups in total. The molecule has 5 aromatic rings. The van der Waals surface area contributed by atoms with E-state index in [1.807, 2.05) is 0 Å². The van der Waals surface area contributed by atoms with Crippen molar-refractivity contribution in [3.05, 3.63) is 143 Å². The summed E-state index contributed by atoms with van der Waals surface area (Å²) in [4.78, 5) is 224. The molecular weight excluding hydrogens is 1360 g/mol. The maximum atomic E-state index is 14.8. The fraction of sp³-hybridized carbons (Fsp3) is 0.382. The largest absolute Gasteiger partial charge is 0.481 e. The highest BCUT2D eigenvalue weighted by molar-refractivity contribution is 8.00. The minimum absolute atomic E-state index is 0.0387. The van der Waals surface area contributed by atoms with Crippen LogP contribution in [0.4, 0.5) is 0 Å². The van der Waals surface area contributed by atoms with Crippen LogP contribution in [0.5, 0.6) is 0 Å². The van der Waals surface area contributed by atoms with Crippen LogP contribution in [-0.4, -0.2) is 216 Å². The first kappa shape index (κ1) is 78.6. The van der Waals surface area contributed by atoms with Crippen LogP contribution in [0.3, 0.4) is 0 Å². The molecule has 548 valence electrons. The molecule has 0 spiro atoms. The molecule has 4 aromatic carbocycles. The fourth-order valence-electron chi connectivity index (χ4n) is 11.4. The molecule has 0 bridgehead atoms. The SMILES string of the molecule is C[C@@H](O)[C@@H]1NC(=O)[C@H](CC(N)=O)NC(=O)[C@H](CC(=O)O)NC(=O)[C@H](Cc2ccc(C(=O)O)cc2)NC(=O)CNC(=O)[C@H](CCC(=O)O)NC(=O)[C@H](Cc2ccccc2)NC(=O)[C@H](Cc2cc3ccccc3[nH]2)NC(=O)CSC[C@@H](C(N)=O)NC(=O)[C@@H]2CCCN2C(=O)[C@H](Cc2ccccc2)NC1=O. The number of nitrogens with one attached hydrogen (secondary N) is 11. The molecule has 0 saturated carbocycles. The third-order valence-corrected chi connectivity index (χ3v) is 17.6. The van der Waals surface area contributed by atoms with Gasteiger partial charge in [0.05, 0.1) is 36.8 Å². The van der Waals surface area contributed by atoms with Crippen molar-refractivity contribution in [2.75, 3.05) is 24.6 Å². The number of benzene rings is 4. The molecule has 0 radical (unpaired) electrons. The molecule has 34 nitrogen and oxygen atoms in total. The van der Waals surface area contributed by atoms with Crippen LogP contribution in [0.2, 0.25) is 0 Å². The standard InChI is InChI=1S/C68H80N14O20S/c1-35(83)57-66(99)79-49(27-37-13-6-3-7-14-37)67(100)82-24-10-17-51(82)65(98)80-50(58(70)91)33-103-34-54(86)74-46(29-41-28-40-15-8-9-16-42(40)72-41)62(95)76-45(25-36-11-4-2-5-12-36)61(94)75-43(22-23-55(87)88)59(92)71-32-53(85)73-44(26-38-18-20-39(21-19-38)68(101)102)60(93)78-48(31-56(89)90)63(96)77-47(30-52(69)84)64(97)81-57/h2-9,11-16,18-21,28,35,43-51,57,72,83H,10,17,22-27,29-34H2,1H3,(H2,69,84)(H2,70,91)(H,71,92)(H,73,85)(H,74,86)(H,75,94)(H,76,95)(H,77,96)(H,78,93)(H,79,99)(H,80,98)(H,81,97)(H,87,88)(H,89,90)(H,101,102)/t35-,43+,44+,45+,46+,47+,48+,49+,50+,51+,57+/m1/s1. The van der Waals surface area contributed by atoms with Gasteiger partial charge in [0.1, 0.15) is 60.4 Å². The highest BCUT2D eigenvalue weighted by atomic mass is 32.2. The van der Waals surface area contributed by atoms with Crippen molar-refractivity contribution in [3.63, 3.8) is 0 Å². The first-order valence-electron chi connectivity index (χ1n) is 32.6. The number of fused-ring (bicyclic) bond motifs is 2. The Labute approximate surface area is 592 Å². The number of aromatic amines is 1. The summed E-state index contributed by atoms with van der Waals surface area (Å²) in [5.41, 5.74) is 13.3. The van der Waals surface area contributed by atoms with E-state index in [1.54, 1.807) is 91.0 Å². The number of amides is 13. The summed E-state index contributed by atoms with van der Waals surface area (Å²) in [5.74, 6) is -19.8. The van der Waals surface area contributed by atoms with Crippen molar-refractivity contribution in [2.45, 2.75) is 138 Å². The number of nitrogens with two attached hydrogens (primary N) is 2. The average Bonchev–Trinajstić information content (AvgIpc) is 1.76. The van der Waals surface area contributed by atoms with Gasteiger partial charge in [0.15, 0.2) is 0 Å². The first-order valence-corrected chi connectivity index (χ1v) is 33.7. The summed E-state index contributed by atoms with van der Waals surface area (Å²) in [6, 6.07) is 12.7. The highest BCUT2D eigenvalue weighted by Crippen LogP contribution is 2.22. The molecule has 35 heteroatoms. The van der Waals surface area contributed by atoms with E-state index < -0.39 is 206 Å². The number of H-pyrrole nitrogens is 1. The number of thioether (sulfide) groups is 1. The van der Waals surface area contributed by atoms with E-state index in [1.165, 1.54) is 12.1 Å². The van der Waals surface area contributed by atoms with Gasteiger partial charge in [-0.15, -0.1) is 11.8 Å². The summed E-state index contributed by atoms with van der Waals surface area (Å²) in [6.07, 6.45) is -6.51. The Bertz CT molecular complexity index is 3940. The van der Waals surface area contributed by atoms with E-state index in [-0.39, 0.29) is 55.5 Å². The van der Waals surface area contributed by atoms with Crippen LogP contribution in [-0.2, 0) is 97.6 Å². The lowest BCUT2D eigenvalue weighted by Crippen LogP contribution is -2.62. The number of carbonyl (C=O) groups excluding carboxylic acids is 13. The average molecular weight is 1450 g/mol. The Hall–Kier alpha value is -11.8. The van der Waals surface area contributed by atoms with E-state index in [4.69, 9.17) is 11.5 Å². The number of aliphatic hydroxyl groups is 1. The van der Waals surface area contributed by atoms with Gasteiger partial charge >= 0.3 is 17.9 Å². The number of hydrogen-bond donors (Lipinski definition) is 17. The molecule has 11 atom stereocenters. The van der Waals surface area contributed by atoms with Crippen molar-refractivity contribution >= 4 is 117 Å². The zero-order chi connectivity index (χ0) is 75.0. The van der Waals surface area contributed by atoms with Gasteiger partial charge < -0.3 is 94.9 Å². The molecule has 0 unspecified atom stereocenters. The van der Waals surface area contributed by atoms with Gasteiger partial charge in [-0.25, -0.2) is 4.79 Å².